The van der Waals surface area contributed by atoms with Crippen LogP contribution in [0.25, 0.3) is 0 Å². The van der Waals surface area contributed by atoms with E-state index in [1.807, 2.05) is 37.3 Å². The first kappa shape index (κ1) is 19.2. The monoisotopic (exact) mass is 319 g/mol. The molecular formula is C19H29NO3. The van der Waals surface area contributed by atoms with Gasteiger partial charge in [-0.05, 0) is 24.3 Å². The van der Waals surface area contributed by atoms with Crippen LogP contribution < -0.4 is 5.32 Å². The minimum Gasteiger partial charge on any atom is -0.481 e. The number of benzene rings is 1. The van der Waals surface area contributed by atoms with Gasteiger partial charge in [-0.1, -0.05) is 63.9 Å². The lowest BCUT2D eigenvalue weighted by Crippen LogP contribution is -2.38. The number of carbonyl (C=O) groups excluding carboxylic acids is 1. The Balaban J connectivity index is 2.72. The van der Waals surface area contributed by atoms with Gasteiger partial charge in [-0.2, -0.15) is 0 Å². The van der Waals surface area contributed by atoms with Crippen LogP contribution in [0.5, 0.6) is 0 Å². The van der Waals surface area contributed by atoms with E-state index in [1.165, 1.54) is 0 Å². The summed E-state index contributed by atoms with van der Waals surface area (Å²) >= 11 is 0. The number of unbranched alkanes of at least 4 members (excludes halogenated alkanes) is 2. The molecule has 0 spiro atoms. The van der Waals surface area contributed by atoms with E-state index < -0.39 is 17.8 Å². The molecule has 1 rings (SSSR count). The number of aliphatic carboxylic acids is 1. The van der Waals surface area contributed by atoms with E-state index in [1.54, 1.807) is 6.92 Å². The SMILES string of the molecule is CCCCCNC(=O)C(CC(C)c1ccccc1)C(C)C(=O)O. The number of amides is 1. The predicted molar refractivity (Wildman–Crippen MR) is 92.3 cm³/mol. The highest BCUT2D eigenvalue weighted by atomic mass is 16.4. The van der Waals surface area contributed by atoms with Crippen molar-refractivity contribution in [2.75, 3.05) is 6.54 Å². The van der Waals surface area contributed by atoms with Gasteiger partial charge in [-0.3, -0.25) is 9.59 Å². The minimum absolute atomic E-state index is 0.140. The van der Waals surface area contributed by atoms with Crippen molar-refractivity contribution < 1.29 is 14.7 Å². The summed E-state index contributed by atoms with van der Waals surface area (Å²) in [4.78, 5) is 23.8. The molecule has 0 saturated carbocycles. The molecule has 1 amide bonds. The molecule has 0 heterocycles. The van der Waals surface area contributed by atoms with Crippen molar-refractivity contribution >= 4 is 11.9 Å². The van der Waals surface area contributed by atoms with Gasteiger partial charge in [0.1, 0.15) is 0 Å². The van der Waals surface area contributed by atoms with Gasteiger partial charge in [0.25, 0.3) is 0 Å². The molecule has 0 bridgehead atoms. The fourth-order valence-electron chi connectivity index (χ4n) is 2.73. The van der Waals surface area contributed by atoms with Crippen molar-refractivity contribution in [2.24, 2.45) is 11.8 Å². The molecule has 0 aliphatic carbocycles. The first-order valence-electron chi connectivity index (χ1n) is 8.52. The maximum atomic E-state index is 12.4. The number of carbonyl (C=O) groups is 2. The summed E-state index contributed by atoms with van der Waals surface area (Å²) in [6, 6.07) is 9.92. The Morgan fingerprint density at radius 2 is 1.78 bits per heavy atom. The summed E-state index contributed by atoms with van der Waals surface area (Å²) in [6.45, 7) is 6.39. The lowest BCUT2D eigenvalue weighted by molar-refractivity contribution is -0.146. The molecule has 3 unspecified atom stereocenters. The molecule has 0 saturated heterocycles. The van der Waals surface area contributed by atoms with Crippen LogP contribution in [0.3, 0.4) is 0 Å². The summed E-state index contributed by atoms with van der Waals surface area (Å²) in [7, 11) is 0. The summed E-state index contributed by atoms with van der Waals surface area (Å²) in [5, 5.41) is 12.2. The Morgan fingerprint density at radius 1 is 1.13 bits per heavy atom. The molecule has 128 valence electrons. The molecule has 3 atom stereocenters. The average molecular weight is 319 g/mol. The van der Waals surface area contributed by atoms with E-state index in [9.17, 15) is 14.7 Å². The Bertz CT molecular complexity index is 487. The molecule has 0 fully saturated rings. The topological polar surface area (TPSA) is 66.4 Å². The lowest BCUT2D eigenvalue weighted by Gasteiger charge is -2.24. The highest BCUT2D eigenvalue weighted by molar-refractivity contribution is 5.84. The van der Waals surface area contributed by atoms with Gasteiger partial charge < -0.3 is 10.4 Å². The maximum absolute atomic E-state index is 12.4. The summed E-state index contributed by atoms with van der Waals surface area (Å²) in [6.07, 6.45) is 3.64. The third kappa shape index (κ3) is 6.43. The molecule has 1 aromatic carbocycles. The van der Waals surface area contributed by atoms with Gasteiger partial charge in [0, 0.05) is 6.54 Å². The molecule has 4 nitrogen and oxygen atoms in total. The minimum atomic E-state index is -0.918. The van der Waals surface area contributed by atoms with Gasteiger partial charge in [-0.15, -0.1) is 0 Å². The number of carboxylic acid groups (broad SMARTS) is 1. The number of nitrogens with one attached hydrogen (secondary N) is 1. The molecule has 4 heteroatoms. The molecule has 23 heavy (non-hydrogen) atoms. The van der Waals surface area contributed by atoms with E-state index in [2.05, 4.69) is 12.2 Å². The van der Waals surface area contributed by atoms with Crippen LogP contribution >= 0.6 is 0 Å². The van der Waals surface area contributed by atoms with Crippen LogP contribution in [0.1, 0.15) is 57.9 Å². The van der Waals surface area contributed by atoms with Gasteiger partial charge in [-0.25, -0.2) is 0 Å². The lowest BCUT2D eigenvalue weighted by atomic mass is 9.82. The number of carboxylic acids is 1. The Morgan fingerprint density at radius 3 is 2.35 bits per heavy atom. The van der Waals surface area contributed by atoms with Crippen LogP contribution in [-0.2, 0) is 9.59 Å². The zero-order chi connectivity index (χ0) is 17.2. The third-order valence-electron chi connectivity index (χ3n) is 4.39. The van der Waals surface area contributed by atoms with Crippen LogP contribution in [0.15, 0.2) is 30.3 Å². The molecule has 1 aromatic rings. The maximum Gasteiger partial charge on any atom is 0.307 e. The smallest absolute Gasteiger partial charge is 0.307 e. The zero-order valence-corrected chi connectivity index (χ0v) is 14.4. The van der Waals surface area contributed by atoms with Crippen LogP contribution in [0.4, 0.5) is 0 Å². The van der Waals surface area contributed by atoms with E-state index in [-0.39, 0.29) is 11.8 Å². The Kier molecular flexibility index (Phi) is 8.38. The predicted octanol–water partition coefficient (Wildman–Crippen LogP) is 3.82. The molecule has 0 aromatic heterocycles. The first-order valence-corrected chi connectivity index (χ1v) is 8.52. The number of rotatable bonds is 10. The largest absolute Gasteiger partial charge is 0.481 e. The van der Waals surface area contributed by atoms with Crippen molar-refractivity contribution in [3.05, 3.63) is 35.9 Å². The average Bonchev–Trinajstić information content (AvgIpc) is 2.56. The molecule has 2 N–H and O–H groups in total. The van der Waals surface area contributed by atoms with Gasteiger partial charge in [0.15, 0.2) is 0 Å². The highest BCUT2D eigenvalue weighted by Gasteiger charge is 2.31. The van der Waals surface area contributed by atoms with Crippen molar-refractivity contribution in [1.82, 2.24) is 5.32 Å². The second-order valence-corrected chi connectivity index (χ2v) is 6.28. The Hall–Kier alpha value is -1.84. The number of hydrogen-bond acceptors (Lipinski definition) is 2. The van der Waals surface area contributed by atoms with Crippen molar-refractivity contribution in [3.8, 4) is 0 Å². The van der Waals surface area contributed by atoms with Gasteiger partial charge >= 0.3 is 5.97 Å². The molecule has 0 aliphatic heterocycles. The van der Waals surface area contributed by atoms with E-state index in [0.29, 0.717) is 13.0 Å². The van der Waals surface area contributed by atoms with Gasteiger partial charge in [0.2, 0.25) is 5.91 Å². The van der Waals surface area contributed by atoms with Crippen LogP contribution in [-0.4, -0.2) is 23.5 Å². The summed E-state index contributed by atoms with van der Waals surface area (Å²) in [5.41, 5.74) is 1.13. The quantitative estimate of drug-likeness (QED) is 0.644. The standard InChI is InChI=1S/C19H29NO3/c1-4-5-9-12-20-18(21)17(15(3)19(22)23)13-14(2)16-10-7-6-8-11-16/h6-8,10-11,14-15,17H,4-5,9,12-13H2,1-3H3,(H,20,21)(H,22,23). The first-order chi connectivity index (χ1) is 11.0. The zero-order valence-electron chi connectivity index (χ0n) is 14.4. The Labute approximate surface area is 139 Å². The van der Waals surface area contributed by atoms with Crippen molar-refractivity contribution in [3.63, 3.8) is 0 Å². The van der Waals surface area contributed by atoms with Crippen LogP contribution in [0, 0.1) is 11.8 Å². The van der Waals surface area contributed by atoms with E-state index in [4.69, 9.17) is 0 Å². The fourth-order valence-corrected chi connectivity index (χ4v) is 2.73. The number of hydrogen-bond donors (Lipinski definition) is 2. The third-order valence-corrected chi connectivity index (χ3v) is 4.39. The second kappa shape index (κ2) is 10.0. The molecule has 0 aliphatic rings. The van der Waals surface area contributed by atoms with E-state index >= 15 is 0 Å². The second-order valence-electron chi connectivity index (χ2n) is 6.28. The van der Waals surface area contributed by atoms with Crippen LogP contribution in [0.2, 0.25) is 0 Å². The van der Waals surface area contributed by atoms with E-state index in [0.717, 1.165) is 24.8 Å². The highest BCUT2D eigenvalue weighted by Crippen LogP contribution is 2.28. The fraction of sp³-hybridized carbons (Fsp3) is 0.579. The summed E-state index contributed by atoms with van der Waals surface area (Å²) in [5.74, 6) is -2.11. The molecular weight excluding hydrogens is 290 g/mol. The van der Waals surface area contributed by atoms with Gasteiger partial charge in [0.05, 0.1) is 11.8 Å². The molecule has 0 radical (unpaired) electrons. The normalized spacial score (nSPS) is 14.7. The van der Waals surface area contributed by atoms with Crippen molar-refractivity contribution in [2.45, 2.75) is 52.4 Å². The summed E-state index contributed by atoms with van der Waals surface area (Å²) < 4.78 is 0. The van der Waals surface area contributed by atoms with Crippen molar-refractivity contribution in [1.29, 1.82) is 0 Å².